The van der Waals surface area contributed by atoms with Crippen LogP contribution < -0.4 is 18.9 Å². The van der Waals surface area contributed by atoms with Gasteiger partial charge in [-0.3, -0.25) is 0 Å². The molecule has 2 N–H and O–H groups in total. The van der Waals surface area contributed by atoms with Crippen molar-refractivity contribution < 1.29 is 29.2 Å². The Balaban J connectivity index is 0.000000380. The molecule has 6 nitrogen and oxygen atoms in total. The molecule has 0 saturated carbocycles. The van der Waals surface area contributed by atoms with E-state index >= 15 is 0 Å². The molecule has 0 aliphatic carbocycles. The molecule has 2 atom stereocenters. The number of ether oxygens (including phenoxy) is 4. The predicted octanol–water partition coefficient (Wildman–Crippen LogP) is 3.99. The van der Waals surface area contributed by atoms with E-state index in [-0.39, 0.29) is 0 Å². The van der Waals surface area contributed by atoms with Crippen LogP contribution in [-0.4, -0.2) is 50.9 Å². The molecule has 0 amide bonds. The van der Waals surface area contributed by atoms with E-state index in [0.717, 1.165) is 11.1 Å². The molecule has 38 heavy (non-hydrogen) atoms. The molecule has 196 valence electrons. The van der Waals surface area contributed by atoms with E-state index in [1.54, 1.807) is 90.9 Å². The molecule has 0 aliphatic rings. The third-order valence-electron chi connectivity index (χ3n) is 4.28. The number of methoxy groups -OCH3 is 4. The lowest BCUT2D eigenvalue weighted by Crippen LogP contribution is -1.91. The van der Waals surface area contributed by atoms with Crippen LogP contribution in [0, 0.1) is 47.4 Å². The molecule has 6 heteroatoms. The summed E-state index contributed by atoms with van der Waals surface area (Å²) < 4.78 is 20.7. The molecule has 2 rings (SSSR count). The average Bonchev–Trinajstić information content (AvgIpc) is 2.92. The average molecular weight is 513 g/mol. The zero-order chi connectivity index (χ0) is 28.2. The molecule has 0 bridgehead atoms. The normalized spacial score (nSPS) is 10.9. The van der Waals surface area contributed by atoms with Crippen LogP contribution in [0.2, 0.25) is 0 Å². The lowest BCUT2D eigenvalue weighted by Gasteiger charge is -2.06. The summed E-state index contributed by atoms with van der Waals surface area (Å²) in [5.41, 5.74) is 1.65. The summed E-state index contributed by atoms with van der Waals surface area (Å²) in [4.78, 5) is 0. The highest BCUT2D eigenvalue weighted by molar-refractivity contribution is 5.50. The van der Waals surface area contributed by atoms with Crippen LogP contribution in [0.3, 0.4) is 0 Å². The molecular weight excluding hydrogens is 480 g/mol. The summed E-state index contributed by atoms with van der Waals surface area (Å²) in [7, 11) is 6.35. The minimum Gasteiger partial charge on any atom is -0.493 e. The minimum atomic E-state index is -0.622. The summed E-state index contributed by atoms with van der Waals surface area (Å²) >= 11 is 0. The van der Waals surface area contributed by atoms with E-state index in [4.69, 9.17) is 29.2 Å². The molecule has 0 fully saturated rings. The Labute approximate surface area is 225 Å². The lowest BCUT2D eigenvalue weighted by atomic mass is 10.2. The van der Waals surface area contributed by atoms with Crippen LogP contribution in [0.4, 0.5) is 0 Å². The smallest absolute Gasteiger partial charge is 0.161 e. The number of aliphatic hydroxyl groups excluding tert-OH is 2. The van der Waals surface area contributed by atoms with E-state index in [1.807, 2.05) is 12.1 Å². The number of benzene rings is 2. The van der Waals surface area contributed by atoms with Gasteiger partial charge in [0.1, 0.15) is 12.2 Å². The molecule has 0 spiro atoms. The predicted molar refractivity (Wildman–Crippen MR) is 150 cm³/mol. The van der Waals surface area contributed by atoms with Crippen molar-refractivity contribution in [2.45, 2.75) is 26.1 Å². The Kier molecular flexibility index (Phi) is 15.3. The first-order valence-corrected chi connectivity index (χ1v) is 11.5. The number of aliphatic hydroxyl groups is 2. The quantitative estimate of drug-likeness (QED) is 0.604. The van der Waals surface area contributed by atoms with Crippen molar-refractivity contribution in [1.29, 1.82) is 0 Å². The van der Waals surface area contributed by atoms with Crippen molar-refractivity contribution in [3.05, 3.63) is 71.8 Å². The van der Waals surface area contributed by atoms with Crippen molar-refractivity contribution in [3.63, 3.8) is 0 Å². The van der Waals surface area contributed by atoms with E-state index < -0.39 is 12.2 Å². The maximum absolute atomic E-state index is 8.92. The molecule has 2 aromatic carbocycles. The molecule has 0 saturated heterocycles. The number of hydrogen-bond donors (Lipinski definition) is 2. The number of allylic oxidation sites excluding steroid dienone is 4. The SMILES string of the molecule is COc1ccc(C#C/C=C/C#C[C@@H](C)O)cc1OC.COc1ccc(C#C/C=C/C#C[C@H](C)O)cc1OC. The van der Waals surface area contributed by atoms with Crippen LogP contribution in [0.15, 0.2) is 60.7 Å². The maximum atomic E-state index is 8.92. The monoisotopic (exact) mass is 512 g/mol. The summed E-state index contributed by atoms with van der Waals surface area (Å²) in [6.07, 6.45) is 5.21. The Hall–Kier alpha value is -4.72. The van der Waals surface area contributed by atoms with Gasteiger partial charge in [-0.2, -0.15) is 0 Å². The fourth-order valence-electron chi connectivity index (χ4n) is 2.58. The van der Waals surface area contributed by atoms with Gasteiger partial charge in [0, 0.05) is 11.1 Å². The van der Waals surface area contributed by atoms with Crippen molar-refractivity contribution in [2.24, 2.45) is 0 Å². The van der Waals surface area contributed by atoms with Crippen LogP contribution in [0.5, 0.6) is 23.0 Å². The zero-order valence-electron chi connectivity index (χ0n) is 22.5. The largest absolute Gasteiger partial charge is 0.493 e. The van der Waals surface area contributed by atoms with Crippen molar-refractivity contribution in [3.8, 4) is 70.4 Å². The fourth-order valence-corrected chi connectivity index (χ4v) is 2.58. The molecular formula is C32H32O6. The number of rotatable bonds is 4. The van der Waals surface area contributed by atoms with Crippen LogP contribution in [0.1, 0.15) is 25.0 Å². The van der Waals surface area contributed by atoms with Gasteiger partial charge in [0.05, 0.1) is 28.4 Å². The Morgan fingerprint density at radius 1 is 0.553 bits per heavy atom. The highest BCUT2D eigenvalue weighted by Crippen LogP contribution is 2.27. The van der Waals surface area contributed by atoms with Gasteiger partial charge in [-0.25, -0.2) is 0 Å². The summed E-state index contributed by atoms with van der Waals surface area (Å²) in [6, 6.07) is 10.9. The highest BCUT2D eigenvalue weighted by Gasteiger charge is 2.03. The van der Waals surface area contributed by atoms with Crippen LogP contribution in [-0.2, 0) is 0 Å². The summed E-state index contributed by atoms with van der Waals surface area (Å²) in [5.74, 6) is 24.8. The molecule has 2 aromatic rings. The Morgan fingerprint density at radius 3 is 1.21 bits per heavy atom. The van der Waals surface area contributed by atoms with Crippen molar-refractivity contribution >= 4 is 0 Å². The zero-order valence-corrected chi connectivity index (χ0v) is 22.5. The van der Waals surface area contributed by atoms with Gasteiger partial charge in [-0.1, -0.05) is 47.4 Å². The van der Waals surface area contributed by atoms with Crippen LogP contribution >= 0.6 is 0 Å². The minimum absolute atomic E-state index is 0.622. The third-order valence-corrected chi connectivity index (χ3v) is 4.28. The molecule has 0 unspecified atom stereocenters. The summed E-state index contributed by atoms with van der Waals surface area (Å²) in [6.45, 7) is 3.21. The first kappa shape index (κ1) is 31.3. The van der Waals surface area contributed by atoms with Crippen molar-refractivity contribution in [1.82, 2.24) is 0 Å². The maximum Gasteiger partial charge on any atom is 0.161 e. The van der Waals surface area contributed by atoms with Gasteiger partial charge < -0.3 is 29.2 Å². The van der Waals surface area contributed by atoms with Gasteiger partial charge in [-0.05, 0) is 74.5 Å². The fraction of sp³-hybridized carbons (Fsp3) is 0.250. The van der Waals surface area contributed by atoms with E-state index in [9.17, 15) is 0 Å². The second-order valence-electron chi connectivity index (χ2n) is 7.27. The Bertz CT molecular complexity index is 1230. The van der Waals surface area contributed by atoms with E-state index in [0.29, 0.717) is 23.0 Å². The molecule has 0 aromatic heterocycles. The standard InChI is InChI=1S/2C16H16O3/c2*1-13(17)8-6-4-5-7-9-14-10-11-15(18-2)16(12-14)19-3/h2*4-5,10-13,17H,1-3H3/b2*5-4+/t2*13-/m10/s1. The second kappa shape index (κ2) is 18.5. The van der Waals surface area contributed by atoms with Crippen LogP contribution in [0.25, 0.3) is 0 Å². The summed E-state index contributed by atoms with van der Waals surface area (Å²) in [5, 5.41) is 17.8. The second-order valence-corrected chi connectivity index (χ2v) is 7.27. The van der Waals surface area contributed by atoms with E-state index in [2.05, 4.69) is 47.4 Å². The Morgan fingerprint density at radius 2 is 0.895 bits per heavy atom. The lowest BCUT2D eigenvalue weighted by molar-refractivity contribution is 0.253. The molecule has 0 radical (unpaired) electrons. The first-order chi connectivity index (χ1) is 18.3. The van der Waals surface area contributed by atoms with E-state index in [1.165, 1.54) is 0 Å². The molecule has 0 aliphatic heterocycles. The molecule has 0 heterocycles. The topological polar surface area (TPSA) is 77.4 Å². The van der Waals surface area contributed by atoms with Gasteiger partial charge in [0.2, 0.25) is 0 Å². The van der Waals surface area contributed by atoms with Gasteiger partial charge in [-0.15, -0.1) is 0 Å². The van der Waals surface area contributed by atoms with Gasteiger partial charge >= 0.3 is 0 Å². The van der Waals surface area contributed by atoms with Gasteiger partial charge in [0.15, 0.2) is 23.0 Å². The number of hydrogen-bond acceptors (Lipinski definition) is 6. The first-order valence-electron chi connectivity index (χ1n) is 11.5. The highest BCUT2D eigenvalue weighted by atomic mass is 16.5. The van der Waals surface area contributed by atoms with Gasteiger partial charge in [0.25, 0.3) is 0 Å². The van der Waals surface area contributed by atoms with Crippen molar-refractivity contribution in [2.75, 3.05) is 28.4 Å². The third kappa shape index (κ3) is 12.8.